The number of para-hydroxylation sites is 2. The number of anilines is 2. The number of imide groups is 2. The number of carbonyl (C=O) groups excluding carboxylic acids is 3. The van der Waals surface area contributed by atoms with Crippen LogP contribution in [0.25, 0.3) is 6.08 Å². The van der Waals surface area contributed by atoms with E-state index in [4.69, 9.17) is 4.74 Å². The highest BCUT2D eigenvalue weighted by atomic mass is 16.6. The molecule has 0 atom stereocenters. The van der Waals surface area contributed by atoms with Crippen LogP contribution in [0.15, 0.2) is 48.0 Å². The first kappa shape index (κ1) is 20.5. The summed E-state index contributed by atoms with van der Waals surface area (Å²) in [5.41, 5.74) is 0.269. The molecule has 0 aromatic heterocycles. The van der Waals surface area contributed by atoms with E-state index < -0.39 is 22.8 Å². The highest BCUT2D eigenvalue weighted by Crippen LogP contribution is 2.32. The molecule has 1 fully saturated rings. The third kappa shape index (κ3) is 3.70. The maximum Gasteiger partial charge on any atom is 0.336 e. The molecule has 1 aliphatic rings. The Morgan fingerprint density at radius 3 is 2.47 bits per heavy atom. The minimum absolute atomic E-state index is 0.162. The van der Waals surface area contributed by atoms with E-state index in [2.05, 4.69) is 5.32 Å². The van der Waals surface area contributed by atoms with E-state index in [1.165, 1.54) is 31.4 Å². The Balaban J connectivity index is 2.07. The van der Waals surface area contributed by atoms with Gasteiger partial charge in [0, 0.05) is 20.2 Å². The van der Waals surface area contributed by atoms with Gasteiger partial charge in [0.2, 0.25) is 0 Å². The zero-order valence-electron chi connectivity index (χ0n) is 16.4. The lowest BCUT2D eigenvalue weighted by Gasteiger charge is -2.27. The van der Waals surface area contributed by atoms with Crippen molar-refractivity contribution in [2.24, 2.45) is 0 Å². The number of carbonyl (C=O) groups is 3. The van der Waals surface area contributed by atoms with E-state index in [0.29, 0.717) is 5.69 Å². The van der Waals surface area contributed by atoms with Gasteiger partial charge in [-0.05, 0) is 29.8 Å². The van der Waals surface area contributed by atoms with Crippen LogP contribution in [0.2, 0.25) is 0 Å². The summed E-state index contributed by atoms with van der Waals surface area (Å²) in [5.74, 6) is -1.50. The molecular weight excluding hydrogens is 392 g/mol. The topological polar surface area (TPSA) is 122 Å². The number of benzene rings is 2. The number of methoxy groups -OCH3 is 1. The van der Waals surface area contributed by atoms with Gasteiger partial charge in [-0.1, -0.05) is 18.2 Å². The molecule has 0 spiro atoms. The molecule has 1 N–H and O–H groups in total. The molecule has 10 heteroatoms. The van der Waals surface area contributed by atoms with Gasteiger partial charge < -0.3 is 9.64 Å². The monoisotopic (exact) mass is 410 g/mol. The zero-order chi connectivity index (χ0) is 22.0. The van der Waals surface area contributed by atoms with Gasteiger partial charge in [-0.25, -0.2) is 9.69 Å². The minimum Gasteiger partial charge on any atom is -0.495 e. The summed E-state index contributed by atoms with van der Waals surface area (Å²) >= 11 is 0. The van der Waals surface area contributed by atoms with Crippen LogP contribution in [-0.4, -0.2) is 44.0 Å². The van der Waals surface area contributed by atoms with E-state index in [-0.39, 0.29) is 28.3 Å². The molecule has 0 aliphatic carbocycles. The number of nitrogens with zero attached hydrogens (tertiary/aromatic N) is 3. The van der Waals surface area contributed by atoms with Crippen molar-refractivity contribution in [3.8, 4) is 5.75 Å². The summed E-state index contributed by atoms with van der Waals surface area (Å²) in [4.78, 5) is 50.9. The summed E-state index contributed by atoms with van der Waals surface area (Å²) in [5, 5.41) is 13.5. The van der Waals surface area contributed by atoms with Crippen molar-refractivity contribution in [2.75, 3.05) is 31.0 Å². The molecule has 1 heterocycles. The Labute approximate surface area is 171 Å². The lowest BCUT2D eigenvalue weighted by Crippen LogP contribution is -2.54. The molecule has 0 bridgehead atoms. The van der Waals surface area contributed by atoms with Gasteiger partial charge in [-0.3, -0.25) is 25.0 Å². The molecule has 0 radical (unpaired) electrons. The first-order valence-electron chi connectivity index (χ1n) is 8.75. The molecule has 2 aromatic rings. The second kappa shape index (κ2) is 8.03. The standard InChI is InChI=1S/C20H18N4O6/c1-22(2)14-9-8-12(11-16(14)24(28)29)10-13-18(25)21-20(27)23(19(13)26)15-6-4-5-7-17(15)30-3/h4-11H,1-3H3,(H,21,25,27). The number of amides is 4. The van der Waals surface area contributed by atoms with Gasteiger partial charge in [-0.15, -0.1) is 0 Å². The van der Waals surface area contributed by atoms with Crippen LogP contribution in [0.3, 0.4) is 0 Å². The largest absolute Gasteiger partial charge is 0.495 e. The van der Waals surface area contributed by atoms with E-state index in [9.17, 15) is 24.5 Å². The normalized spacial score (nSPS) is 15.2. The van der Waals surface area contributed by atoms with E-state index >= 15 is 0 Å². The summed E-state index contributed by atoms with van der Waals surface area (Å²) in [7, 11) is 4.71. The van der Waals surface area contributed by atoms with E-state index in [1.807, 2.05) is 0 Å². The minimum atomic E-state index is -0.916. The second-order valence-corrected chi connectivity index (χ2v) is 6.53. The fourth-order valence-electron chi connectivity index (χ4n) is 3.01. The Kier molecular flexibility index (Phi) is 5.50. The Morgan fingerprint density at radius 2 is 1.83 bits per heavy atom. The SMILES string of the molecule is COc1ccccc1N1C(=O)NC(=O)C(=Cc2ccc(N(C)C)c([N+](=O)[O-])c2)C1=O. The Hall–Kier alpha value is -4.21. The molecule has 2 aromatic carbocycles. The molecule has 0 unspecified atom stereocenters. The van der Waals surface area contributed by atoms with E-state index in [0.717, 1.165) is 4.90 Å². The number of nitro groups is 1. The molecule has 154 valence electrons. The summed E-state index contributed by atoms with van der Waals surface area (Å²) in [6.45, 7) is 0. The highest BCUT2D eigenvalue weighted by molar-refractivity contribution is 6.39. The number of ether oxygens (including phenoxy) is 1. The van der Waals surface area contributed by atoms with Crippen molar-refractivity contribution < 1.29 is 24.0 Å². The van der Waals surface area contributed by atoms with Gasteiger partial charge in [0.05, 0.1) is 17.7 Å². The average molecular weight is 410 g/mol. The van der Waals surface area contributed by atoms with Crippen molar-refractivity contribution in [1.82, 2.24) is 5.32 Å². The summed E-state index contributed by atoms with van der Waals surface area (Å²) in [6.07, 6.45) is 1.21. The van der Waals surface area contributed by atoms with Crippen molar-refractivity contribution in [2.45, 2.75) is 0 Å². The van der Waals surface area contributed by atoms with Crippen LogP contribution < -0.4 is 19.9 Å². The van der Waals surface area contributed by atoms with Gasteiger partial charge in [0.25, 0.3) is 17.5 Å². The maximum atomic E-state index is 13.0. The van der Waals surface area contributed by atoms with Gasteiger partial charge in [-0.2, -0.15) is 0 Å². The lowest BCUT2D eigenvalue weighted by atomic mass is 10.1. The fraction of sp³-hybridized carbons (Fsp3) is 0.150. The number of nitro benzene ring substituents is 1. The number of urea groups is 1. The van der Waals surface area contributed by atoms with Crippen molar-refractivity contribution in [1.29, 1.82) is 0 Å². The predicted octanol–water partition coefficient (Wildman–Crippen LogP) is 2.34. The number of rotatable bonds is 5. The fourth-order valence-corrected chi connectivity index (χ4v) is 3.01. The number of barbiturate groups is 1. The van der Waals surface area contributed by atoms with E-state index in [1.54, 1.807) is 43.3 Å². The number of hydrogen-bond donors (Lipinski definition) is 1. The summed E-state index contributed by atoms with van der Waals surface area (Å²) < 4.78 is 5.20. The molecule has 1 aliphatic heterocycles. The van der Waals surface area contributed by atoms with Crippen LogP contribution in [0.4, 0.5) is 21.9 Å². The molecule has 30 heavy (non-hydrogen) atoms. The first-order valence-corrected chi connectivity index (χ1v) is 8.75. The molecular formula is C20H18N4O6. The number of nitrogens with one attached hydrogen (secondary N) is 1. The lowest BCUT2D eigenvalue weighted by molar-refractivity contribution is -0.384. The highest BCUT2D eigenvalue weighted by Gasteiger charge is 2.38. The quantitative estimate of drug-likeness (QED) is 0.347. The van der Waals surface area contributed by atoms with Crippen molar-refractivity contribution in [3.05, 3.63) is 63.7 Å². The third-order valence-electron chi connectivity index (χ3n) is 4.42. The molecule has 10 nitrogen and oxygen atoms in total. The zero-order valence-corrected chi connectivity index (χ0v) is 16.4. The Morgan fingerprint density at radius 1 is 1.13 bits per heavy atom. The summed E-state index contributed by atoms with van der Waals surface area (Å²) in [6, 6.07) is 9.75. The molecule has 1 saturated heterocycles. The smallest absolute Gasteiger partial charge is 0.336 e. The van der Waals surface area contributed by atoms with Gasteiger partial charge in [0.15, 0.2) is 0 Å². The average Bonchev–Trinajstić information content (AvgIpc) is 2.71. The number of hydrogen-bond acceptors (Lipinski definition) is 7. The first-order chi connectivity index (χ1) is 14.2. The van der Waals surface area contributed by atoms with Crippen LogP contribution in [0.1, 0.15) is 5.56 Å². The van der Waals surface area contributed by atoms with Gasteiger partial charge >= 0.3 is 6.03 Å². The molecule has 4 amide bonds. The predicted molar refractivity (Wildman–Crippen MR) is 109 cm³/mol. The van der Waals surface area contributed by atoms with Crippen molar-refractivity contribution >= 4 is 41.0 Å². The van der Waals surface area contributed by atoms with Crippen LogP contribution in [0, 0.1) is 10.1 Å². The van der Waals surface area contributed by atoms with Crippen molar-refractivity contribution in [3.63, 3.8) is 0 Å². The third-order valence-corrected chi connectivity index (χ3v) is 4.42. The molecule has 3 rings (SSSR count). The molecule has 0 saturated carbocycles. The van der Waals surface area contributed by atoms with Gasteiger partial charge in [0.1, 0.15) is 17.0 Å². The maximum absolute atomic E-state index is 13.0. The van der Waals surface area contributed by atoms with Crippen LogP contribution >= 0.6 is 0 Å². The Bertz CT molecular complexity index is 1090. The second-order valence-electron chi connectivity index (χ2n) is 6.53. The van der Waals surface area contributed by atoms with Crippen LogP contribution in [0.5, 0.6) is 5.75 Å². The van der Waals surface area contributed by atoms with Crippen LogP contribution in [-0.2, 0) is 9.59 Å².